The van der Waals surface area contributed by atoms with Gasteiger partial charge in [0, 0.05) is 25.4 Å². The minimum absolute atomic E-state index is 0.191. The van der Waals surface area contributed by atoms with E-state index in [1.54, 1.807) is 0 Å². The summed E-state index contributed by atoms with van der Waals surface area (Å²) in [5.41, 5.74) is 0. The maximum atomic E-state index is 12.9. The van der Waals surface area contributed by atoms with Crippen LogP contribution in [0.2, 0.25) is 0 Å². The number of piperidine rings is 1. The Labute approximate surface area is 82.8 Å². The van der Waals surface area contributed by atoms with Crippen LogP contribution in [0.5, 0.6) is 0 Å². The molecule has 2 nitrogen and oxygen atoms in total. The van der Waals surface area contributed by atoms with Crippen LogP contribution in [0, 0.1) is 23.6 Å². The Balaban J connectivity index is 1.79. The Kier molecular flexibility index (Phi) is 1.58. The molecule has 14 heavy (non-hydrogen) atoms. The Bertz CT molecular complexity index is 354. The third kappa shape index (κ3) is 1.11. The van der Waals surface area contributed by atoms with Crippen LogP contribution < -0.4 is 4.90 Å². The molecule has 0 bridgehead atoms. The standard InChI is InChI=1S/C11H13FN2/c1-7-9-5-14(6-10(7)9)11-4-8(12)2-3-13-11/h2-4,7,9-10H,5-6H2,1H3. The summed E-state index contributed by atoms with van der Waals surface area (Å²) in [6.07, 6.45) is 1.54. The van der Waals surface area contributed by atoms with Crippen LogP contribution in [0.4, 0.5) is 10.2 Å². The maximum Gasteiger partial charge on any atom is 0.131 e. The molecular weight excluding hydrogens is 179 g/mol. The molecule has 2 atom stereocenters. The Morgan fingerprint density at radius 3 is 2.79 bits per heavy atom. The molecular formula is C11H13FN2. The third-order valence-electron chi connectivity index (χ3n) is 3.65. The molecule has 2 fully saturated rings. The largest absolute Gasteiger partial charge is 0.356 e. The summed E-state index contributed by atoms with van der Waals surface area (Å²) in [7, 11) is 0. The molecule has 1 saturated carbocycles. The molecule has 0 radical (unpaired) electrons. The van der Waals surface area contributed by atoms with Crippen molar-refractivity contribution in [3.05, 3.63) is 24.1 Å². The summed E-state index contributed by atoms with van der Waals surface area (Å²) in [4.78, 5) is 6.38. The Hall–Kier alpha value is -1.12. The highest BCUT2D eigenvalue weighted by Crippen LogP contribution is 2.51. The molecule has 0 N–H and O–H groups in total. The highest BCUT2D eigenvalue weighted by atomic mass is 19.1. The first kappa shape index (κ1) is 8.21. The normalized spacial score (nSPS) is 34.4. The highest BCUT2D eigenvalue weighted by Gasteiger charge is 2.52. The number of halogens is 1. The lowest BCUT2D eigenvalue weighted by Crippen LogP contribution is -2.24. The number of pyridine rings is 1. The minimum Gasteiger partial charge on any atom is -0.356 e. The van der Waals surface area contributed by atoms with E-state index in [0.29, 0.717) is 0 Å². The summed E-state index contributed by atoms with van der Waals surface area (Å²) in [5, 5.41) is 0. The fourth-order valence-electron chi connectivity index (χ4n) is 2.58. The fraction of sp³-hybridized carbons (Fsp3) is 0.545. The van der Waals surface area contributed by atoms with Gasteiger partial charge in [-0.15, -0.1) is 0 Å². The van der Waals surface area contributed by atoms with Crippen molar-refractivity contribution >= 4 is 5.82 Å². The van der Waals surface area contributed by atoms with Gasteiger partial charge in [0.05, 0.1) is 0 Å². The lowest BCUT2D eigenvalue weighted by atomic mass is 10.3. The molecule has 74 valence electrons. The summed E-state index contributed by atoms with van der Waals surface area (Å²) in [5.74, 6) is 3.15. The number of hydrogen-bond acceptors (Lipinski definition) is 2. The monoisotopic (exact) mass is 192 g/mol. The van der Waals surface area contributed by atoms with Crippen molar-refractivity contribution in [2.45, 2.75) is 6.92 Å². The van der Waals surface area contributed by atoms with Gasteiger partial charge in [-0.25, -0.2) is 9.37 Å². The van der Waals surface area contributed by atoms with Gasteiger partial charge in [-0.1, -0.05) is 6.92 Å². The van der Waals surface area contributed by atoms with Crippen LogP contribution >= 0.6 is 0 Å². The molecule has 2 unspecified atom stereocenters. The number of fused-ring (bicyclic) bond motifs is 1. The van der Waals surface area contributed by atoms with E-state index in [1.807, 2.05) is 0 Å². The third-order valence-corrected chi connectivity index (χ3v) is 3.65. The predicted octanol–water partition coefficient (Wildman–Crippen LogP) is 1.92. The van der Waals surface area contributed by atoms with Crippen LogP contribution in [-0.2, 0) is 0 Å². The molecule has 0 aromatic carbocycles. The van der Waals surface area contributed by atoms with E-state index >= 15 is 0 Å². The van der Waals surface area contributed by atoms with E-state index in [9.17, 15) is 4.39 Å². The van der Waals surface area contributed by atoms with Crippen LogP contribution in [0.15, 0.2) is 18.3 Å². The zero-order chi connectivity index (χ0) is 9.71. The van der Waals surface area contributed by atoms with Gasteiger partial charge in [-0.2, -0.15) is 0 Å². The first-order valence-electron chi connectivity index (χ1n) is 5.12. The fourth-order valence-corrected chi connectivity index (χ4v) is 2.58. The highest BCUT2D eigenvalue weighted by molar-refractivity contribution is 5.41. The van der Waals surface area contributed by atoms with E-state index in [4.69, 9.17) is 0 Å². The minimum atomic E-state index is -0.191. The number of hydrogen-bond donors (Lipinski definition) is 0. The van der Waals surface area contributed by atoms with Crippen LogP contribution in [0.25, 0.3) is 0 Å². The van der Waals surface area contributed by atoms with Crippen LogP contribution in [0.1, 0.15) is 6.92 Å². The lowest BCUT2D eigenvalue weighted by Gasteiger charge is -2.19. The molecule has 2 aliphatic rings. The number of aromatic nitrogens is 1. The molecule has 1 aliphatic carbocycles. The topological polar surface area (TPSA) is 16.1 Å². The van der Waals surface area contributed by atoms with Gasteiger partial charge < -0.3 is 4.90 Å². The SMILES string of the molecule is CC1C2CN(c3cc(F)ccn3)CC12. The number of rotatable bonds is 1. The van der Waals surface area contributed by atoms with E-state index in [0.717, 1.165) is 36.7 Å². The zero-order valence-electron chi connectivity index (χ0n) is 8.15. The molecule has 1 aliphatic heterocycles. The van der Waals surface area contributed by atoms with Crippen molar-refractivity contribution in [3.63, 3.8) is 0 Å². The lowest BCUT2D eigenvalue weighted by molar-refractivity contribution is 0.621. The molecule has 0 spiro atoms. The van der Waals surface area contributed by atoms with Gasteiger partial charge in [-0.05, 0) is 23.8 Å². The quantitative estimate of drug-likeness (QED) is 0.675. The van der Waals surface area contributed by atoms with Gasteiger partial charge in [0.25, 0.3) is 0 Å². The van der Waals surface area contributed by atoms with Gasteiger partial charge in [0.15, 0.2) is 0 Å². The first-order valence-corrected chi connectivity index (χ1v) is 5.12. The van der Waals surface area contributed by atoms with Crippen molar-refractivity contribution in [1.29, 1.82) is 0 Å². The predicted molar refractivity (Wildman–Crippen MR) is 52.6 cm³/mol. The molecule has 1 aromatic heterocycles. The summed E-state index contributed by atoms with van der Waals surface area (Å²) in [6.45, 7) is 4.41. The van der Waals surface area contributed by atoms with E-state index in [1.165, 1.54) is 18.3 Å². The molecule has 3 heteroatoms. The average molecular weight is 192 g/mol. The molecule has 0 amide bonds. The van der Waals surface area contributed by atoms with Gasteiger partial charge in [-0.3, -0.25) is 0 Å². The van der Waals surface area contributed by atoms with Crippen molar-refractivity contribution in [3.8, 4) is 0 Å². The van der Waals surface area contributed by atoms with Crippen molar-refractivity contribution in [1.82, 2.24) is 4.98 Å². The Morgan fingerprint density at radius 2 is 2.14 bits per heavy atom. The van der Waals surface area contributed by atoms with Crippen molar-refractivity contribution in [2.24, 2.45) is 17.8 Å². The second kappa shape index (κ2) is 2.69. The van der Waals surface area contributed by atoms with Gasteiger partial charge in [0.2, 0.25) is 0 Å². The first-order chi connectivity index (χ1) is 6.75. The van der Waals surface area contributed by atoms with Crippen LogP contribution in [-0.4, -0.2) is 18.1 Å². The van der Waals surface area contributed by atoms with Gasteiger partial charge in [0.1, 0.15) is 11.6 Å². The van der Waals surface area contributed by atoms with Crippen molar-refractivity contribution in [2.75, 3.05) is 18.0 Å². The number of anilines is 1. The Morgan fingerprint density at radius 1 is 1.43 bits per heavy atom. The number of nitrogens with zero attached hydrogens (tertiary/aromatic N) is 2. The summed E-state index contributed by atoms with van der Waals surface area (Å²) < 4.78 is 12.9. The second-order valence-electron chi connectivity index (χ2n) is 4.42. The summed E-state index contributed by atoms with van der Waals surface area (Å²) in [6, 6.07) is 2.92. The molecule has 3 rings (SSSR count). The smallest absolute Gasteiger partial charge is 0.131 e. The summed E-state index contributed by atoms with van der Waals surface area (Å²) >= 11 is 0. The van der Waals surface area contributed by atoms with Crippen LogP contribution in [0.3, 0.4) is 0 Å². The molecule has 1 saturated heterocycles. The second-order valence-corrected chi connectivity index (χ2v) is 4.42. The van der Waals surface area contributed by atoms with E-state index in [-0.39, 0.29) is 5.82 Å². The van der Waals surface area contributed by atoms with Crippen molar-refractivity contribution < 1.29 is 4.39 Å². The average Bonchev–Trinajstić information content (AvgIpc) is 2.66. The van der Waals surface area contributed by atoms with E-state index < -0.39 is 0 Å². The molecule has 2 heterocycles. The van der Waals surface area contributed by atoms with E-state index in [2.05, 4.69) is 16.8 Å². The zero-order valence-corrected chi connectivity index (χ0v) is 8.15. The maximum absolute atomic E-state index is 12.9. The molecule has 1 aromatic rings. The van der Waals surface area contributed by atoms with Gasteiger partial charge >= 0.3 is 0 Å².